The molecule has 0 aliphatic rings. The minimum absolute atomic E-state index is 0.0238. The topological polar surface area (TPSA) is 29.5 Å². The van der Waals surface area contributed by atoms with Gasteiger partial charge in [0.2, 0.25) is 0 Å². The standard InChI is InChI=1S/C15H13BrF2O2/c1-9(19)14-6-11(16)2-3-15(14)20-8-10-4-12(17)7-13(18)5-10/h2-7,9,19H,8H2,1H3/t9-/m0/s1. The zero-order chi connectivity index (χ0) is 14.7. The van der Waals surface area contributed by atoms with Crippen LogP contribution in [0.3, 0.4) is 0 Å². The Morgan fingerprint density at radius 3 is 2.40 bits per heavy atom. The van der Waals surface area contributed by atoms with Crippen LogP contribution in [0.4, 0.5) is 8.78 Å². The zero-order valence-electron chi connectivity index (χ0n) is 10.7. The van der Waals surface area contributed by atoms with Crippen molar-refractivity contribution in [2.24, 2.45) is 0 Å². The minimum atomic E-state index is -0.702. The molecule has 0 aromatic heterocycles. The van der Waals surface area contributed by atoms with Crippen LogP contribution in [0.1, 0.15) is 24.2 Å². The smallest absolute Gasteiger partial charge is 0.126 e. The van der Waals surface area contributed by atoms with Crippen molar-refractivity contribution < 1.29 is 18.6 Å². The molecule has 0 amide bonds. The summed E-state index contributed by atoms with van der Waals surface area (Å²) in [5.74, 6) is -0.807. The molecular weight excluding hydrogens is 330 g/mol. The Bertz CT molecular complexity index is 595. The molecule has 1 N–H and O–H groups in total. The van der Waals surface area contributed by atoms with E-state index in [1.165, 1.54) is 12.1 Å². The maximum absolute atomic E-state index is 13.1. The first-order chi connectivity index (χ1) is 9.45. The molecule has 0 saturated carbocycles. The largest absolute Gasteiger partial charge is 0.489 e. The van der Waals surface area contributed by atoms with Crippen LogP contribution in [-0.2, 0) is 6.61 Å². The van der Waals surface area contributed by atoms with Crippen LogP contribution in [0.25, 0.3) is 0 Å². The third-order valence-corrected chi connectivity index (χ3v) is 3.23. The Hall–Kier alpha value is -1.46. The number of hydrogen-bond acceptors (Lipinski definition) is 2. The Morgan fingerprint density at radius 2 is 1.80 bits per heavy atom. The van der Waals surface area contributed by atoms with Crippen LogP contribution in [0, 0.1) is 11.6 Å². The number of hydrogen-bond donors (Lipinski definition) is 1. The second kappa shape index (κ2) is 6.33. The van der Waals surface area contributed by atoms with Gasteiger partial charge < -0.3 is 9.84 Å². The van der Waals surface area contributed by atoms with Gasteiger partial charge in [0.05, 0.1) is 6.10 Å². The van der Waals surface area contributed by atoms with Gasteiger partial charge in [-0.05, 0) is 42.8 Å². The highest BCUT2D eigenvalue weighted by Crippen LogP contribution is 2.29. The summed E-state index contributed by atoms with van der Waals surface area (Å²) in [6.45, 7) is 1.65. The van der Waals surface area contributed by atoms with E-state index in [9.17, 15) is 13.9 Å². The zero-order valence-corrected chi connectivity index (χ0v) is 12.3. The molecule has 5 heteroatoms. The number of aliphatic hydroxyl groups excluding tert-OH is 1. The van der Waals surface area contributed by atoms with Crippen molar-refractivity contribution in [3.63, 3.8) is 0 Å². The molecule has 0 fully saturated rings. The Kier molecular flexibility index (Phi) is 4.73. The molecule has 2 nitrogen and oxygen atoms in total. The van der Waals surface area contributed by atoms with Crippen molar-refractivity contribution in [1.29, 1.82) is 0 Å². The summed E-state index contributed by atoms with van der Waals surface area (Å²) in [5, 5.41) is 9.69. The summed E-state index contributed by atoms with van der Waals surface area (Å²) in [4.78, 5) is 0. The monoisotopic (exact) mass is 342 g/mol. The van der Waals surface area contributed by atoms with Crippen molar-refractivity contribution in [2.75, 3.05) is 0 Å². The van der Waals surface area contributed by atoms with Crippen molar-refractivity contribution in [3.05, 3.63) is 63.6 Å². The number of ether oxygens (including phenoxy) is 1. The summed E-state index contributed by atoms with van der Waals surface area (Å²) < 4.78 is 32.5. The lowest BCUT2D eigenvalue weighted by atomic mass is 10.1. The minimum Gasteiger partial charge on any atom is -0.489 e. The molecule has 0 saturated heterocycles. The highest BCUT2D eigenvalue weighted by atomic mass is 79.9. The predicted molar refractivity (Wildman–Crippen MR) is 75.5 cm³/mol. The number of aliphatic hydroxyl groups is 1. The highest BCUT2D eigenvalue weighted by molar-refractivity contribution is 9.10. The van der Waals surface area contributed by atoms with Gasteiger partial charge >= 0.3 is 0 Å². The SMILES string of the molecule is C[C@H](O)c1cc(Br)ccc1OCc1cc(F)cc(F)c1. The molecule has 0 bridgehead atoms. The van der Waals surface area contributed by atoms with Gasteiger partial charge in [-0.25, -0.2) is 8.78 Å². The van der Waals surface area contributed by atoms with E-state index in [0.29, 0.717) is 16.9 Å². The Labute approximate surface area is 124 Å². The second-order valence-electron chi connectivity index (χ2n) is 4.42. The van der Waals surface area contributed by atoms with Gasteiger partial charge in [-0.15, -0.1) is 0 Å². The van der Waals surface area contributed by atoms with Crippen LogP contribution in [0.2, 0.25) is 0 Å². The van der Waals surface area contributed by atoms with Crippen molar-refractivity contribution in [3.8, 4) is 5.75 Å². The van der Waals surface area contributed by atoms with E-state index in [4.69, 9.17) is 4.74 Å². The third-order valence-electron chi connectivity index (χ3n) is 2.74. The normalized spacial score (nSPS) is 12.2. The first kappa shape index (κ1) is 14.9. The summed E-state index contributed by atoms with van der Waals surface area (Å²) in [6, 6.07) is 8.44. The lowest BCUT2D eigenvalue weighted by Crippen LogP contribution is -2.02. The maximum Gasteiger partial charge on any atom is 0.126 e. The van der Waals surface area contributed by atoms with Crippen LogP contribution in [-0.4, -0.2) is 5.11 Å². The van der Waals surface area contributed by atoms with Gasteiger partial charge in [-0.1, -0.05) is 15.9 Å². The summed E-state index contributed by atoms with van der Waals surface area (Å²) in [5.41, 5.74) is 0.998. The van der Waals surface area contributed by atoms with Gasteiger partial charge in [-0.2, -0.15) is 0 Å². The van der Waals surface area contributed by atoms with Crippen LogP contribution >= 0.6 is 15.9 Å². The summed E-state index contributed by atoms with van der Waals surface area (Å²) >= 11 is 3.31. The predicted octanol–water partition coefficient (Wildman–Crippen LogP) is 4.36. The Balaban J connectivity index is 2.18. The average Bonchev–Trinajstić information content (AvgIpc) is 2.36. The van der Waals surface area contributed by atoms with Crippen molar-refractivity contribution in [2.45, 2.75) is 19.6 Å². The van der Waals surface area contributed by atoms with E-state index in [1.54, 1.807) is 25.1 Å². The van der Waals surface area contributed by atoms with E-state index in [1.807, 2.05) is 0 Å². The maximum atomic E-state index is 13.1. The fourth-order valence-electron chi connectivity index (χ4n) is 1.83. The fourth-order valence-corrected chi connectivity index (χ4v) is 2.21. The Morgan fingerprint density at radius 1 is 1.15 bits per heavy atom. The van der Waals surface area contributed by atoms with E-state index >= 15 is 0 Å². The first-order valence-corrected chi connectivity index (χ1v) is 6.80. The average molecular weight is 343 g/mol. The number of halogens is 3. The lowest BCUT2D eigenvalue weighted by Gasteiger charge is -2.14. The fraction of sp³-hybridized carbons (Fsp3) is 0.200. The van der Waals surface area contributed by atoms with E-state index < -0.39 is 17.7 Å². The van der Waals surface area contributed by atoms with Gasteiger partial charge in [0.25, 0.3) is 0 Å². The number of rotatable bonds is 4. The molecular formula is C15H13BrF2O2. The molecule has 2 aromatic carbocycles. The first-order valence-electron chi connectivity index (χ1n) is 6.01. The van der Waals surface area contributed by atoms with Gasteiger partial charge in [0, 0.05) is 16.1 Å². The molecule has 2 rings (SSSR count). The van der Waals surface area contributed by atoms with Crippen molar-refractivity contribution in [1.82, 2.24) is 0 Å². The molecule has 2 aromatic rings. The van der Waals surface area contributed by atoms with Crippen LogP contribution in [0.5, 0.6) is 5.75 Å². The highest BCUT2D eigenvalue weighted by Gasteiger charge is 2.10. The molecule has 1 atom stereocenters. The summed E-state index contributed by atoms with van der Waals surface area (Å²) in [7, 11) is 0. The van der Waals surface area contributed by atoms with E-state index in [-0.39, 0.29) is 6.61 Å². The van der Waals surface area contributed by atoms with E-state index in [0.717, 1.165) is 10.5 Å². The molecule has 0 aliphatic carbocycles. The molecule has 0 aliphatic heterocycles. The molecule has 0 radical (unpaired) electrons. The van der Waals surface area contributed by atoms with Gasteiger partial charge in [0.1, 0.15) is 24.0 Å². The lowest BCUT2D eigenvalue weighted by molar-refractivity contribution is 0.190. The van der Waals surface area contributed by atoms with Crippen molar-refractivity contribution >= 4 is 15.9 Å². The third kappa shape index (κ3) is 3.77. The molecule has 0 spiro atoms. The number of benzene rings is 2. The quantitative estimate of drug-likeness (QED) is 0.894. The second-order valence-corrected chi connectivity index (χ2v) is 5.34. The molecule has 0 heterocycles. The van der Waals surface area contributed by atoms with E-state index in [2.05, 4.69) is 15.9 Å². The molecule has 106 valence electrons. The summed E-state index contributed by atoms with van der Waals surface area (Å²) in [6.07, 6.45) is -0.702. The van der Waals surface area contributed by atoms with Gasteiger partial charge in [-0.3, -0.25) is 0 Å². The van der Waals surface area contributed by atoms with Gasteiger partial charge in [0.15, 0.2) is 0 Å². The van der Waals surface area contributed by atoms with Crippen LogP contribution < -0.4 is 4.74 Å². The van der Waals surface area contributed by atoms with Crippen LogP contribution in [0.15, 0.2) is 40.9 Å². The molecule has 20 heavy (non-hydrogen) atoms. The molecule has 0 unspecified atom stereocenters.